The van der Waals surface area contributed by atoms with Crippen molar-refractivity contribution >= 4 is 28.5 Å². The minimum Gasteiger partial charge on any atom is -0.341 e. The predicted octanol–water partition coefficient (Wildman–Crippen LogP) is 2.70. The molecule has 3 aromatic rings. The summed E-state index contributed by atoms with van der Waals surface area (Å²) in [4.78, 5) is 49.5. The maximum atomic E-state index is 13.1. The molecular weight excluding hydrogens is 418 g/mol. The lowest BCUT2D eigenvalue weighted by Crippen LogP contribution is -2.45. The van der Waals surface area contributed by atoms with Gasteiger partial charge in [-0.3, -0.25) is 18.7 Å². The number of benzene rings is 1. The van der Waals surface area contributed by atoms with E-state index in [0.29, 0.717) is 30.5 Å². The monoisotopic (exact) mass is 441 g/mol. The van der Waals surface area contributed by atoms with Gasteiger partial charge in [0.05, 0.1) is 0 Å². The molecule has 1 fully saturated rings. The maximum Gasteiger partial charge on any atom is 0.333 e. The molecule has 1 aromatic carbocycles. The Balaban J connectivity index is 1.76. The Morgan fingerprint density at radius 2 is 1.71 bits per heavy atom. The molecule has 4 rings (SSSR count). The van der Waals surface area contributed by atoms with Gasteiger partial charge in [-0.05, 0) is 44.0 Å². The average Bonchev–Trinajstić information content (AvgIpc) is 3.07. The van der Waals surface area contributed by atoms with E-state index in [4.69, 9.17) is 11.6 Å². The van der Waals surface area contributed by atoms with Crippen molar-refractivity contribution < 1.29 is 4.79 Å². The zero-order valence-corrected chi connectivity index (χ0v) is 18.1. The van der Waals surface area contributed by atoms with Gasteiger partial charge in [-0.1, -0.05) is 24.4 Å². The van der Waals surface area contributed by atoms with Crippen LogP contribution < -0.4 is 11.2 Å². The highest BCUT2D eigenvalue weighted by atomic mass is 35.5. The molecule has 0 atom stereocenters. The fourth-order valence-corrected chi connectivity index (χ4v) is 4.04. The van der Waals surface area contributed by atoms with E-state index < -0.39 is 11.2 Å². The molecule has 0 spiro atoms. The van der Waals surface area contributed by atoms with Crippen molar-refractivity contribution in [2.75, 3.05) is 13.1 Å². The second-order valence-corrected chi connectivity index (χ2v) is 8.09. The summed E-state index contributed by atoms with van der Waals surface area (Å²) < 4.78 is 2.41. The molecule has 1 saturated heterocycles. The van der Waals surface area contributed by atoms with E-state index in [0.717, 1.165) is 35.8 Å². The van der Waals surface area contributed by atoms with E-state index in [1.54, 1.807) is 36.1 Å². The first-order chi connectivity index (χ1) is 15.0. The van der Waals surface area contributed by atoms with Crippen molar-refractivity contribution in [1.82, 2.24) is 24.0 Å². The van der Waals surface area contributed by atoms with E-state index in [-0.39, 0.29) is 23.5 Å². The molecule has 31 heavy (non-hydrogen) atoms. The van der Waals surface area contributed by atoms with E-state index in [1.807, 2.05) is 0 Å². The third-order valence-electron chi connectivity index (χ3n) is 5.63. The maximum absolute atomic E-state index is 13.1. The number of nitrogens with zero attached hydrogens (tertiary/aromatic N) is 5. The molecule has 1 amide bonds. The van der Waals surface area contributed by atoms with Gasteiger partial charge in [-0.2, -0.15) is 0 Å². The summed E-state index contributed by atoms with van der Waals surface area (Å²) in [5, 5.41) is 0.801. The summed E-state index contributed by atoms with van der Waals surface area (Å²) in [5.41, 5.74) is -0.0997. The summed E-state index contributed by atoms with van der Waals surface area (Å²) in [6, 6.07) is 7.01. The van der Waals surface area contributed by atoms with Crippen molar-refractivity contribution in [3.63, 3.8) is 0 Å². The molecule has 8 nitrogen and oxygen atoms in total. The minimum atomic E-state index is -0.546. The van der Waals surface area contributed by atoms with Crippen LogP contribution in [0.15, 0.2) is 40.1 Å². The van der Waals surface area contributed by atoms with Crippen molar-refractivity contribution in [2.45, 2.75) is 45.7 Å². The molecule has 0 aliphatic carbocycles. The lowest BCUT2D eigenvalue weighted by molar-refractivity contribution is -0.131. The Hall–Kier alpha value is -3.00. The highest BCUT2D eigenvalue weighted by Crippen LogP contribution is 2.19. The van der Waals surface area contributed by atoms with Crippen LogP contribution in [0.25, 0.3) is 22.4 Å². The highest BCUT2D eigenvalue weighted by molar-refractivity contribution is 6.30. The fourth-order valence-electron chi connectivity index (χ4n) is 3.92. The molecule has 0 radical (unpaired) electrons. The normalized spacial score (nSPS) is 14.6. The summed E-state index contributed by atoms with van der Waals surface area (Å²) in [7, 11) is 0. The van der Waals surface area contributed by atoms with Crippen LogP contribution in [-0.2, 0) is 17.9 Å². The minimum absolute atomic E-state index is 0.207. The van der Waals surface area contributed by atoms with Gasteiger partial charge in [-0.15, -0.1) is 0 Å². The van der Waals surface area contributed by atoms with Gasteiger partial charge in [0.15, 0.2) is 11.5 Å². The van der Waals surface area contributed by atoms with Gasteiger partial charge in [0.2, 0.25) is 5.91 Å². The van der Waals surface area contributed by atoms with Crippen molar-refractivity contribution in [3.05, 3.63) is 56.3 Å². The van der Waals surface area contributed by atoms with Gasteiger partial charge in [-0.25, -0.2) is 14.8 Å². The number of aromatic nitrogens is 4. The highest BCUT2D eigenvalue weighted by Gasteiger charge is 2.21. The standard InChI is InChI=1S/C22H24ClN5O3/c1-2-27-20-17(13-24-19(25-20)15-7-9-16(23)10-8-15)21(30)28(22(27)31)14-18(29)26-11-5-3-4-6-12-26/h7-10,13H,2-6,11-12,14H2,1H3. The Labute approximate surface area is 184 Å². The topological polar surface area (TPSA) is 90.1 Å². The van der Waals surface area contributed by atoms with Crippen molar-refractivity contribution in [2.24, 2.45) is 0 Å². The lowest BCUT2D eigenvalue weighted by Gasteiger charge is -2.21. The number of fused-ring (bicyclic) bond motifs is 1. The smallest absolute Gasteiger partial charge is 0.333 e. The molecule has 0 N–H and O–H groups in total. The second kappa shape index (κ2) is 9.01. The number of rotatable bonds is 4. The SMILES string of the molecule is CCn1c(=O)n(CC(=O)N2CCCCCC2)c(=O)c2cnc(-c3ccc(Cl)cc3)nc21. The Bertz CT molecular complexity index is 1220. The number of hydrogen-bond acceptors (Lipinski definition) is 5. The van der Waals surface area contributed by atoms with Gasteiger partial charge < -0.3 is 4.90 Å². The Kier molecular flexibility index (Phi) is 6.18. The average molecular weight is 442 g/mol. The van der Waals surface area contributed by atoms with E-state index in [1.165, 1.54) is 10.8 Å². The largest absolute Gasteiger partial charge is 0.341 e. The van der Waals surface area contributed by atoms with Gasteiger partial charge in [0.25, 0.3) is 5.56 Å². The van der Waals surface area contributed by atoms with Crippen molar-refractivity contribution in [1.29, 1.82) is 0 Å². The van der Waals surface area contributed by atoms with Crippen LogP contribution in [0.2, 0.25) is 5.02 Å². The van der Waals surface area contributed by atoms with E-state index in [2.05, 4.69) is 9.97 Å². The molecule has 2 aromatic heterocycles. The summed E-state index contributed by atoms with van der Waals surface area (Å²) in [6.45, 7) is 3.17. The summed E-state index contributed by atoms with van der Waals surface area (Å²) in [6.07, 6.45) is 5.50. The number of amides is 1. The summed E-state index contributed by atoms with van der Waals surface area (Å²) in [5.74, 6) is 0.186. The number of hydrogen-bond donors (Lipinski definition) is 0. The molecule has 1 aliphatic rings. The molecule has 0 unspecified atom stereocenters. The molecule has 162 valence electrons. The van der Waals surface area contributed by atoms with Crippen LogP contribution >= 0.6 is 11.6 Å². The number of likely N-dealkylation sites (tertiary alicyclic amines) is 1. The number of carbonyl (C=O) groups is 1. The number of carbonyl (C=O) groups excluding carboxylic acids is 1. The Morgan fingerprint density at radius 3 is 2.35 bits per heavy atom. The van der Waals surface area contributed by atoms with E-state index in [9.17, 15) is 14.4 Å². The number of aryl methyl sites for hydroxylation is 1. The number of halogens is 1. The van der Waals surface area contributed by atoms with Crippen LogP contribution in [-0.4, -0.2) is 43.0 Å². The first kappa shape index (κ1) is 21.2. The second-order valence-electron chi connectivity index (χ2n) is 7.65. The molecular formula is C22H24ClN5O3. The molecule has 9 heteroatoms. The lowest BCUT2D eigenvalue weighted by atomic mass is 10.2. The third kappa shape index (κ3) is 4.25. The van der Waals surface area contributed by atoms with Crippen LogP contribution in [0, 0.1) is 0 Å². The quantitative estimate of drug-likeness (QED) is 0.621. The molecule has 3 heterocycles. The van der Waals surface area contributed by atoms with E-state index >= 15 is 0 Å². The molecule has 0 saturated carbocycles. The van der Waals surface area contributed by atoms with Gasteiger partial charge in [0, 0.05) is 36.4 Å². The van der Waals surface area contributed by atoms with Gasteiger partial charge >= 0.3 is 5.69 Å². The van der Waals surface area contributed by atoms with Crippen LogP contribution in [0.4, 0.5) is 0 Å². The van der Waals surface area contributed by atoms with Gasteiger partial charge in [0.1, 0.15) is 11.9 Å². The fraction of sp³-hybridized carbons (Fsp3) is 0.409. The first-order valence-electron chi connectivity index (χ1n) is 10.5. The third-order valence-corrected chi connectivity index (χ3v) is 5.88. The zero-order chi connectivity index (χ0) is 22.0. The summed E-state index contributed by atoms with van der Waals surface area (Å²) >= 11 is 5.95. The zero-order valence-electron chi connectivity index (χ0n) is 17.4. The Morgan fingerprint density at radius 1 is 1.03 bits per heavy atom. The van der Waals surface area contributed by atoms with Crippen LogP contribution in [0.5, 0.6) is 0 Å². The van der Waals surface area contributed by atoms with Crippen LogP contribution in [0.3, 0.4) is 0 Å². The predicted molar refractivity (Wildman–Crippen MR) is 119 cm³/mol. The van der Waals surface area contributed by atoms with Crippen LogP contribution in [0.1, 0.15) is 32.6 Å². The first-order valence-corrected chi connectivity index (χ1v) is 10.9. The molecule has 1 aliphatic heterocycles. The molecule has 0 bridgehead atoms. The van der Waals surface area contributed by atoms with Crippen molar-refractivity contribution in [3.8, 4) is 11.4 Å².